The maximum absolute atomic E-state index is 6.25. The minimum absolute atomic E-state index is 0.289. The number of furan rings is 2. The molecule has 0 aliphatic carbocycles. The largest absolute Gasteiger partial charge is 0.456 e. The lowest BCUT2D eigenvalue weighted by Gasteiger charge is -2.41. The molecule has 0 spiro atoms. The molecule has 0 fully saturated rings. The van der Waals surface area contributed by atoms with E-state index in [4.69, 9.17) is 19.1 Å². The molecule has 0 saturated heterocycles. The minimum atomic E-state index is -0.345. The summed E-state index contributed by atoms with van der Waals surface area (Å²) in [5.74, 6) is 1.52. The van der Waals surface area contributed by atoms with E-state index in [-0.39, 0.29) is 12.3 Å². The lowest BCUT2D eigenvalue weighted by molar-refractivity contribution is 0.491. The van der Waals surface area contributed by atoms with Crippen molar-refractivity contribution in [3.63, 3.8) is 0 Å². The van der Waals surface area contributed by atoms with Crippen LogP contribution >= 0.6 is 0 Å². The van der Waals surface area contributed by atoms with Gasteiger partial charge in [0.2, 0.25) is 5.88 Å². The van der Waals surface area contributed by atoms with E-state index in [1.165, 1.54) is 16.5 Å². The molecule has 10 rings (SSSR count). The Kier molecular flexibility index (Phi) is 6.04. The molecule has 0 radical (unpaired) electrons. The number of benzene rings is 6. The van der Waals surface area contributed by atoms with Crippen LogP contribution in [0.2, 0.25) is 0 Å². The molecule has 0 amide bonds. The van der Waals surface area contributed by atoms with Gasteiger partial charge in [0, 0.05) is 35.0 Å². The topological polar surface area (TPSA) is 76.8 Å². The summed E-state index contributed by atoms with van der Waals surface area (Å²) in [6, 6.07) is 46.0. The van der Waals surface area contributed by atoms with Gasteiger partial charge in [-0.05, 0) is 56.8 Å². The molecule has 6 aromatic carbocycles. The molecule has 2 aromatic heterocycles. The standard InChI is InChI=1S/C42H29N4O2/c1-2-11-25(12-3-1)39-44-40(46-41(45-39)33-17-10-20-36-37(33)31-15-6-8-18-34(31)47-36)30-22-21-28(26-13-4-5-14-27(26)30)29-23-24-43-42-38(29)32-16-7-9-19-35(32)48-42/h1-23,39-40,43-44H,24H2/q-1. The zero-order valence-electron chi connectivity index (χ0n) is 25.9. The Labute approximate surface area is 276 Å². The number of fused-ring (bicyclic) bond motifs is 7. The average molecular weight is 622 g/mol. The van der Waals surface area contributed by atoms with E-state index in [2.05, 4.69) is 102 Å². The quantitative estimate of drug-likeness (QED) is 0.205. The highest BCUT2D eigenvalue weighted by atomic mass is 16.4. The average Bonchev–Trinajstić information content (AvgIpc) is 3.73. The van der Waals surface area contributed by atoms with E-state index < -0.39 is 0 Å². The fourth-order valence-electron chi connectivity index (χ4n) is 7.39. The van der Waals surface area contributed by atoms with Crippen LogP contribution in [-0.2, 0) is 0 Å². The van der Waals surface area contributed by atoms with Crippen LogP contribution < -0.4 is 10.6 Å². The fourth-order valence-corrected chi connectivity index (χ4v) is 7.39. The molecule has 6 nitrogen and oxygen atoms in total. The second-order valence-corrected chi connectivity index (χ2v) is 12.3. The molecule has 2 N–H and O–H groups in total. The summed E-state index contributed by atoms with van der Waals surface area (Å²) in [5, 5.41) is 17.9. The normalized spacial score (nSPS) is 17.6. The molecule has 0 saturated carbocycles. The third kappa shape index (κ3) is 4.20. The van der Waals surface area contributed by atoms with Crippen LogP contribution in [0.25, 0.3) is 54.6 Å². The summed E-state index contributed by atoms with van der Waals surface area (Å²) in [6.07, 6.45) is 1.63. The van der Waals surface area contributed by atoms with Crippen molar-refractivity contribution in [1.29, 1.82) is 0 Å². The third-order valence-electron chi connectivity index (χ3n) is 9.55. The number of hydrogen-bond acceptors (Lipinski definition) is 5. The van der Waals surface area contributed by atoms with Gasteiger partial charge >= 0.3 is 0 Å². The number of aliphatic imine (C=N–C) groups is 1. The predicted octanol–water partition coefficient (Wildman–Crippen LogP) is 10.5. The molecule has 2 atom stereocenters. The molecule has 48 heavy (non-hydrogen) atoms. The predicted molar refractivity (Wildman–Crippen MR) is 194 cm³/mol. The molecule has 2 aliphatic heterocycles. The first-order chi connectivity index (χ1) is 23.8. The molecule has 2 aliphatic rings. The molecule has 0 bridgehead atoms. The summed E-state index contributed by atoms with van der Waals surface area (Å²) < 4.78 is 12.5. The van der Waals surface area contributed by atoms with Crippen molar-refractivity contribution in [2.75, 3.05) is 11.9 Å². The van der Waals surface area contributed by atoms with E-state index in [0.29, 0.717) is 12.4 Å². The van der Waals surface area contributed by atoms with Crippen LogP contribution in [0, 0.1) is 0 Å². The van der Waals surface area contributed by atoms with Crippen LogP contribution in [0.4, 0.5) is 5.88 Å². The molecule has 2 unspecified atom stereocenters. The summed E-state index contributed by atoms with van der Waals surface area (Å²) in [6.45, 7) is 0.699. The molecule has 4 heterocycles. The summed E-state index contributed by atoms with van der Waals surface area (Å²) in [7, 11) is 0. The Bertz CT molecular complexity index is 2590. The van der Waals surface area contributed by atoms with Gasteiger partial charge < -0.3 is 29.8 Å². The van der Waals surface area contributed by atoms with Crippen molar-refractivity contribution in [3.05, 3.63) is 173 Å². The lowest BCUT2D eigenvalue weighted by Crippen LogP contribution is -2.32. The maximum atomic E-state index is 6.25. The molecular formula is C42H29N4O2-. The molecule has 230 valence electrons. The highest BCUT2D eigenvalue weighted by molar-refractivity contribution is 6.22. The van der Waals surface area contributed by atoms with Gasteiger partial charge in [0.05, 0.1) is 5.56 Å². The van der Waals surface area contributed by atoms with Crippen LogP contribution in [0.1, 0.15) is 40.1 Å². The zero-order chi connectivity index (χ0) is 31.6. The van der Waals surface area contributed by atoms with Gasteiger partial charge in [-0.15, -0.1) is 0 Å². The number of nitrogens with one attached hydrogen (secondary N) is 2. The molecular weight excluding hydrogens is 592 g/mol. The van der Waals surface area contributed by atoms with Crippen molar-refractivity contribution in [2.45, 2.75) is 12.3 Å². The Balaban J connectivity index is 1.15. The minimum Gasteiger partial charge on any atom is -0.456 e. The van der Waals surface area contributed by atoms with Crippen LogP contribution in [0.3, 0.4) is 0 Å². The Morgan fingerprint density at radius 3 is 2.17 bits per heavy atom. The molecule has 8 aromatic rings. The van der Waals surface area contributed by atoms with Crippen molar-refractivity contribution in [1.82, 2.24) is 5.32 Å². The van der Waals surface area contributed by atoms with Gasteiger partial charge in [0.1, 0.15) is 16.7 Å². The number of amidine groups is 1. The monoisotopic (exact) mass is 621 g/mol. The van der Waals surface area contributed by atoms with E-state index >= 15 is 0 Å². The van der Waals surface area contributed by atoms with Crippen LogP contribution in [0.5, 0.6) is 0 Å². The van der Waals surface area contributed by atoms with Gasteiger partial charge in [-0.25, -0.2) is 0 Å². The summed E-state index contributed by atoms with van der Waals surface area (Å²) in [4.78, 5) is 5.35. The first-order valence-corrected chi connectivity index (χ1v) is 16.3. The van der Waals surface area contributed by atoms with Crippen molar-refractivity contribution >= 4 is 61.0 Å². The van der Waals surface area contributed by atoms with Gasteiger partial charge in [0.25, 0.3) is 0 Å². The smallest absolute Gasteiger partial charge is 0.202 e. The number of para-hydroxylation sites is 2. The van der Waals surface area contributed by atoms with Crippen molar-refractivity contribution < 1.29 is 8.83 Å². The van der Waals surface area contributed by atoms with E-state index in [0.717, 1.165) is 66.4 Å². The van der Waals surface area contributed by atoms with Crippen molar-refractivity contribution in [2.24, 2.45) is 4.99 Å². The second-order valence-electron chi connectivity index (χ2n) is 12.3. The number of hydrogen-bond donors (Lipinski definition) is 2. The van der Waals surface area contributed by atoms with E-state index in [9.17, 15) is 0 Å². The lowest BCUT2D eigenvalue weighted by atomic mass is 9.88. The van der Waals surface area contributed by atoms with Gasteiger partial charge in [0.15, 0.2) is 0 Å². The van der Waals surface area contributed by atoms with Crippen LogP contribution in [-0.4, -0.2) is 12.4 Å². The van der Waals surface area contributed by atoms with Gasteiger partial charge in [-0.2, -0.15) is 0 Å². The third-order valence-corrected chi connectivity index (χ3v) is 9.55. The number of anilines is 1. The second kappa shape index (κ2) is 10.7. The van der Waals surface area contributed by atoms with Crippen molar-refractivity contribution in [3.8, 4) is 0 Å². The summed E-state index contributed by atoms with van der Waals surface area (Å²) >= 11 is 0. The number of rotatable bonds is 4. The summed E-state index contributed by atoms with van der Waals surface area (Å²) in [5.41, 5.74) is 9.16. The fraction of sp³-hybridized carbons (Fsp3) is 0.0714. The first kappa shape index (κ1) is 27.0. The van der Waals surface area contributed by atoms with Gasteiger partial charge in [-0.3, -0.25) is 0 Å². The van der Waals surface area contributed by atoms with E-state index in [1.54, 1.807) is 0 Å². The van der Waals surface area contributed by atoms with Gasteiger partial charge in [-0.1, -0.05) is 127 Å². The van der Waals surface area contributed by atoms with Crippen LogP contribution in [0.15, 0.2) is 153 Å². The highest BCUT2D eigenvalue weighted by Crippen LogP contribution is 2.44. The SMILES string of the molecule is C1=C(c2ccc(C3N=C(c4cccc5oc6ccccc6c45)[N-]C(c4ccccc4)N3)c3ccccc23)c2c(oc3ccccc23)NC1. The Morgan fingerprint density at radius 1 is 0.604 bits per heavy atom. The first-order valence-electron chi connectivity index (χ1n) is 16.3. The molecule has 6 heteroatoms. The number of nitrogens with zero attached hydrogens (tertiary/aromatic N) is 2. The Morgan fingerprint density at radius 2 is 1.31 bits per heavy atom. The zero-order valence-corrected chi connectivity index (χ0v) is 25.9. The van der Waals surface area contributed by atoms with E-state index in [1.807, 2.05) is 48.5 Å². The Hall–Kier alpha value is -6.11. The maximum Gasteiger partial charge on any atom is 0.202 e. The highest BCUT2D eigenvalue weighted by Gasteiger charge is 2.25.